The average Bonchev–Trinajstić information content (AvgIpc) is 3.05. The molecule has 3 atom stereocenters. The first-order valence-corrected chi connectivity index (χ1v) is 7.52. The quantitative estimate of drug-likeness (QED) is 0.914. The molecule has 1 aliphatic rings. The van der Waals surface area contributed by atoms with Gasteiger partial charge in [0.1, 0.15) is 0 Å². The van der Waals surface area contributed by atoms with Crippen molar-refractivity contribution >= 4 is 21.4 Å². The Morgan fingerprint density at radius 1 is 1.44 bits per heavy atom. The van der Waals surface area contributed by atoms with Crippen LogP contribution in [0.5, 0.6) is 0 Å². The fraction of sp³-hybridized carbons (Fsp3) is 0.467. The van der Waals surface area contributed by atoms with Crippen molar-refractivity contribution in [2.24, 2.45) is 11.7 Å². The number of thiophene rings is 1. The summed E-state index contributed by atoms with van der Waals surface area (Å²) in [5.74, 6) is 0.461. The van der Waals surface area contributed by atoms with Crippen LogP contribution in [0.25, 0.3) is 10.1 Å². The molecule has 3 unspecified atom stereocenters. The van der Waals surface area contributed by atoms with E-state index in [9.17, 15) is 0 Å². The first kappa shape index (κ1) is 12.2. The summed E-state index contributed by atoms with van der Waals surface area (Å²) in [5, 5.41) is 3.45. The van der Waals surface area contributed by atoms with Gasteiger partial charge in [-0.25, -0.2) is 0 Å². The first-order valence-electron chi connectivity index (χ1n) is 6.64. The van der Waals surface area contributed by atoms with E-state index >= 15 is 0 Å². The molecule has 1 aliphatic heterocycles. The lowest BCUT2D eigenvalue weighted by molar-refractivity contribution is 0.0814. The standard InChI is InChI=1S/C15H19NOS/c1-2-13-11(6-8-17-13)14(16)12-5-3-4-10-7-9-18-15(10)12/h3-5,7,9,11,13-14H,2,6,8,16H2,1H3. The van der Waals surface area contributed by atoms with E-state index in [2.05, 4.69) is 36.6 Å². The number of hydrogen-bond donors (Lipinski definition) is 1. The number of hydrogen-bond acceptors (Lipinski definition) is 3. The molecule has 18 heavy (non-hydrogen) atoms. The van der Waals surface area contributed by atoms with Crippen molar-refractivity contribution in [2.75, 3.05) is 6.61 Å². The second kappa shape index (κ2) is 5.00. The molecule has 1 fully saturated rings. The van der Waals surface area contributed by atoms with E-state index in [1.807, 2.05) is 0 Å². The molecule has 3 heteroatoms. The van der Waals surface area contributed by atoms with Gasteiger partial charge in [0, 0.05) is 23.3 Å². The van der Waals surface area contributed by atoms with Gasteiger partial charge < -0.3 is 10.5 Å². The van der Waals surface area contributed by atoms with Crippen molar-refractivity contribution in [3.8, 4) is 0 Å². The van der Waals surface area contributed by atoms with Gasteiger partial charge in [0.2, 0.25) is 0 Å². The molecule has 2 heterocycles. The molecule has 0 aliphatic carbocycles. The second-order valence-corrected chi connectivity index (χ2v) is 5.90. The van der Waals surface area contributed by atoms with E-state index in [-0.39, 0.29) is 6.04 Å². The predicted octanol–water partition coefficient (Wildman–Crippen LogP) is 3.72. The van der Waals surface area contributed by atoms with Crippen molar-refractivity contribution in [2.45, 2.75) is 31.9 Å². The number of nitrogens with two attached hydrogens (primary N) is 1. The van der Waals surface area contributed by atoms with Crippen LogP contribution in [0.1, 0.15) is 31.4 Å². The van der Waals surface area contributed by atoms with Crippen LogP contribution in [0.4, 0.5) is 0 Å². The van der Waals surface area contributed by atoms with Crippen LogP contribution in [0.15, 0.2) is 29.6 Å². The first-order chi connectivity index (χ1) is 8.81. The maximum atomic E-state index is 6.52. The molecule has 0 amide bonds. The van der Waals surface area contributed by atoms with Gasteiger partial charge in [-0.05, 0) is 35.2 Å². The molecule has 2 N–H and O–H groups in total. The summed E-state index contributed by atoms with van der Waals surface area (Å²) >= 11 is 1.79. The molecule has 0 saturated carbocycles. The van der Waals surface area contributed by atoms with Gasteiger partial charge >= 0.3 is 0 Å². The molecule has 96 valence electrons. The smallest absolute Gasteiger partial charge is 0.0619 e. The Kier molecular flexibility index (Phi) is 3.37. The van der Waals surface area contributed by atoms with Crippen LogP contribution in [0.2, 0.25) is 0 Å². The summed E-state index contributed by atoms with van der Waals surface area (Å²) in [4.78, 5) is 0. The summed E-state index contributed by atoms with van der Waals surface area (Å²) in [5.41, 5.74) is 7.81. The normalized spacial score (nSPS) is 25.7. The Balaban J connectivity index is 1.96. The highest BCUT2D eigenvalue weighted by Crippen LogP contribution is 2.37. The molecular formula is C15H19NOS. The number of ether oxygens (including phenoxy) is 1. The molecule has 0 bridgehead atoms. The topological polar surface area (TPSA) is 35.2 Å². The summed E-state index contributed by atoms with van der Waals surface area (Å²) in [7, 11) is 0. The molecule has 0 radical (unpaired) electrons. The van der Waals surface area contributed by atoms with Crippen LogP contribution in [0.3, 0.4) is 0 Å². The zero-order valence-corrected chi connectivity index (χ0v) is 11.5. The Morgan fingerprint density at radius 2 is 2.33 bits per heavy atom. The number of rotatable bonds is 3. The SMILES string of the molecule is CCC1OCCC1C(N)c1cccc2ccsc12. The monoisotopic (exact) mass is 261 g/mol. The minimum Gasteiger partial charge on any atom is -0.378 e. The van der Waals surface area contributed by atoms with Crippen LogP contribution < -0.4 is 5.73 Å². The van der Waals surface area contributed by atoms with Crippen LogP contribution >= 0.6 is 11.3 Å². The Labute approximate surface area is 112 Å². The lowest BCUT2D eigenvalue weighted by Crippen LogP contribution is -2.28. The van der Waals surface area contributed by atoms with Gasteiger partial charge in [0.05, 0.1) is 6.10 Å². The van der Waals surface area contributed by atoms with Crippen LogP contribution in [-0.2, 0) is 4.74 Å². The largest absolute Gasteiger partial charge is 0.378 e. The lowest BCUT2D eigenvalue weighted by Gasteiger charge is -2.24. The predicted molar refractivity (Wildman–Crippen MR) is 76.9 cm³/mol. The maximum absolute atomic E-state index is 6.52. The third-order valence-corrected chi connectivity index (χ3v) is 4.97. The second-order valence-electron chi connectivity index (χ2n) is 4.98. The zero-order chi connectivity index (χ0) is 12.5. The summed E-state index contributed by atoms with van der Waals surface area (Å²) in [6, 6.07) is 8.71. The lowest BCUT2D eigenvalue weighted by atomic mass is 9.87. The maximum Gasteiger partial charge on any atom is 0.0619 e. The minimum atomic E-state index is 0.0970. The molecule has 3 rings (SSSR count). The Morgan fingerprint density at radius 3 is 3.17 bits per heavy atom. The van der Waals surface area contributed by atoms with Gasteiger partial charge in [0.25, 0.3) is 0 Å². The van der Waals surface area contributed by atoms with E-state index < -0.39 is 0 Å². The summed E-state index contributed by atoms with van der Waals surface area (Å²) in [6.45, 7) is 3.04. The highest BCUT2D eigenvalue weighted by atomic mass is 32.1. The highest BCUT2D eigenvalue weighted by molar-refractivity contribution is 7.17. The molecule has 1 aromatic heterocycles. The minimum absolute atomic E-state index is 0.0970. The van der Waals surface area contributed by atoms with Crippen molar-refractivity contribution in [3.63, 3.8) is 0 Å². The van der Waals surface area contributed by atoms with Gasteiger partial charge in [-0.15, -0.1) is 11.3 Å². The van der Waals surface area contributed by atoms with Crippen molar-refractivity contribution in [3.05, 3.63) is 35.2 Å². The van der Waals surface area contributed by atoms with Crippen molar-refractivity contribution in [1.82, 2.24) is 0 Å². The number of fused-ring (bicyclic) bond motifs is 1. The Hall–Kier alpha value is -0.900. The fourth-order valence-electron chi connectivity index (χ4n) is 3.01. The molecule has 0 spiro atoms. The van der Waals surface area contributed by atoms with E-state index in [1.54, 1.807) is 11.3 Å². The van der Waals surface area contributed by atoms with E-state index in [4.69, 9.17) is 10.5 Å². The van der Waals surface area contributed by atoms with Gasteiger partial charge in [-0.3, -0.25) is 0 Å². The van der Waals surface area contributed by atoms with Gasteiger partial charge in [-0.2, -0.15) is 0 Å². The molecule has 2 aromatic rings. The van der Waals surface area contributed by atoms with Gasteiger partial charge in [-0.1, -0.05) is 25.1 Å². The molecule has 2 nitrogen and oxygen atoms in total. The Bertz CT molecular complexity index is 536. The average molecular weight is 261 g/mol. The van der Waals surface area contributed by atoms with Crippen molar-refractivity contribution < 1.29 is 4.74 Å². The highest BCUT2D eigenvalue weighted by Gasteiger charge is 2.33. The van der Waals surface area contributed by atoms with Crippen LogP contribution in [-0.4, -0.2) is 12.7 Å². The van der Waals surface area contributed by atoms with E-state index in [0.717, 1.165) is 19.4 Å². The van der Waals surface area contributed by atoms with Crippen molar-refractivity contribution in [1.29, 1.82) is 0 Å². The zero-order valence-electron chi connectivity index (χ0n) is 10.6. The third kappa shape index (κ3) is 1.96. The molecule has 1 saturated heterocycles. The molecular weight excluding hydrogens is 242 g/mol. The third-order valence-electron chi connectivity index (χ3n) is 3.99. The summed E-state index contributed by atoms with van der Waals surface area (Å²) in [6.07, 6.45) is 2.47. The van der Waals surface area contributed by atoms with Gasteiger partial charge in [0.15, 0.2) is 0 Å². The number of benzene rings is 1. The van der Waals surface area contributed by atoms with E-state index in [0.29, 0.717) is 12.0 Å². The summed E-state index contributed by atoms with van der Waals surface area (Å²) < 4.78 is 7.11. The van der Waals surface area contributed by atoms with Crippen LogP contribution in [0, 0.1) is 5.92 Å². The fourth-order valence-corrected chi connectivity index (χ4v) is 3.97. The molecule has 1 aromatic carbocycles. The van der Waals surface area contributed by atoms with E-state index in [1.165, 1.54) is 15.6 Å².